The average Bonchev–Trinajstić information content (AvgIpc) is 3.35. The van der Waals surface area contributed by atoms with E-state index in [-0.39, 0.29) is 11.8 Å². The van der Waals surface area contributed by atoms with Crippen molar-refractivity contribution in [2.45, 2.75) is 19.4 Å². The van der Waals surface area contributed by atoms with Crippen LogP contribution >= 0.6 is 23.2 Å². The van der Waals surface area contributed by atoms with Crippen molar-refractivity contribution in [2.75, 3.05) is 36.4 Å². The normalized spacial score (nSPS) is 14.1. The SMILES string of the molecule is CC(C)(Oc1ccc(Cl)cc1)C(=O)Nc1ccc(N2CCN(C(=O)c3ccco3)CC2)c(Cl)c1. The number of carbonyl (C=O) groups excluding carboxylic acids is 2. The minimum Gasteiger partial charge on any atom is -0.478 e. The van der Waals surface area contributed by atoms with Crippen molar-refractivity contribution in [1.29, 1.82) is 0 Å². The number of hydrogen-bond acceptors (Lipinski definition) is 5. The maximum absolute atomic E-state index is 12.8. The van der Waals surface area contributed by atoms with Gasteiger partial charge in [-0.1, -0.05) is 23.2 Å². The molecule has 34 heavy (non-hydrogen) atoms. The van der Waals surface area contributed by atoms with Gasteiger partial charge in [-0.3, -0.25) is 9.59 Å². The molecular formula is C25H25Cl2N3O4. The average molecular weight is 502 g/mol. The molecule has 0 atom stereocenters. The Hall–Kier alpha value is -3.16. The Balaban J connectivity index is 1.36. The van der Waals surface area contributed by atoms with Gasteiger partial charge in [0.2, 0.25) is 0 Å². The van der Waals surface area contributed by atoms with E-state index in [1.807, 2.05) is 6.07 Å². The van der Waals surface area contributed by atoms with Gasteiger partial charge >= 0.3 is 0 Å². The van der Waals surface area contributed by atoms with E-state index in [0.29, 0.717) is 53.4 Å². The third-order valence-corrected chi connectivity index (χ3v) is 6.13. The predicted molar refractivity (Wildman–Crippen MR) is 133 cm³/mol. The van der Waals surface area contributed by atoms with Crippen molar-refractivity contribution in [3.63, 3.8) is 0 Å². The molecule has 0 unspecified atom stereocenters. The quantitative estimate of drug-likeness (QED) is 0.492. The number of nitrogens with one attached hydrogen (secondary N) is 1. The van der Waals surface area contributed by atoms with Crippen LogP contribution in [0.15, 0.2) is 65.3 Å². The van der Waals surface area contributed by atoms with E-state index in [0.717, 1.165) is 5.69 Å². The number of ether oxygens (including phenoxy) is 1. The lowest BCUT2D eigenvalue weighted by molar-refractivity contribution is -0.128. The van der Waals surface area contributed by atoms with Crippen molar-refractivity contribution >= 4 is 46.4 Å². The van der Waals surface area contributed by atoms with Gasteiger partial charge in [-0.2, -0.15) is 0 Å². The van der Waals surface area contributed by atoms with Crippen LogP contribution in [0.5, 0.6) is 5.75 Å². The zero-order valence-electron chi connectivity index (χ0n) is 18.9. The molecule has 0 aliphatic carbocycles. The lowest BCUT2D eigenvalue weighted by Crippen LogP contribution is -2.48. The molecule has 0 bridgehead atoms. The van der Waals surface area contributed by atoms with Crippen molar-refractivity contribution in [1.82, 2.24) is 4.90 Å². The zero-order chi connectivity index (χ0) is 24.3. The predicted octanol–water partition coefficient (Wildman–Crippen LogP) is 5.34. The number of nitrogens with zero attached hydrogens (tertiary/aromatic N) is 2. The molecule has 1 saturated heterocycles. The van der Waals surface area contributed by atoms with Gasteiger partial charge in [0.15, 0.2) is 11.4 Å². The van der Waals surface area contributed by atoms with Gasteiger partial charge in [0.25, 0.3) is 11.8 Å². The monoisotopic (exact) mass is 501 g/mol. The van der Waals surface area contributed by atoms with E-state index < -0.39 is 5.60 Å². The highest BCUT2D eigenvalue weighted by Gasteiger charge is 2.30. The van der Waals surface area contributed by atoms with Crippen LogP contribution in [0.25, 0.3) is 0 Å². The highest BCUT2D eigenvalue weighted by atomic mass is 35.5. The number of benzene rings is 2. The molecule has 1 fully saturated rings. The van der Waals surface area contributed by atoms with E-state index in [9.17, 15) is 9.59 Å². The molecule has 1 N–H and O–H groups in total. The summed E-state index contributed by atoms with van der Waals surface area (Å²) >= 11 is 12.5. The minimum atomic E-state index is -1.12. The van der Waals surface area contributed by atoms with E-state index in [2.05, 4.69) is 10.2 Å². The first-order valence-electron chi connectivity index (χ1n) is 10.9. The van der Waals surface area contributed by atoms with Gasteiger partial charge < -0.3 is 24.3 Å². The molecule has 2 amide bonds. The first kappa shape index (κ1) is 24.0. The topological polar surface area (TPSA) is 75.0 Å². The number of carbonyl (C=O) groups is 2. The fourth-order valence-corrected chi connectivity index (χ4v) is 4.10. The summed E-state index contributed by atoms with van der Waals surface area (Å²) in [6, 6.07) is 15.6. The summed E-state index contributed by atoms with van der Waals surface area (Å²) in [6.07, 6.45) is 1.49. The Labute approximate surface area is 208 Å². The van der Waals surface area contributed by atoms with Gasteiger partial charge in [0.1, 0.15) is 5.75 Å². The molecule has 3 aromatic rings. The minimum absolute atomic E-state index is 0.114. The molecule has 178 valence electrons. The van der Waals surface area contributed by atoms with E-state index >= 15 is 0 Å². The van der Waals surface area contributed by atoms with Crippen LogP contribution in [-0.4, -0.2) is 48.5 Å². The number of piperazine rings is 1. The van der Waals surface area contributed by atoms with Gasteiger partial charge in [-0.25, -0.2) is 0 Å². The summed E-state index contributed by atoms with van der Waals surface area (Å²) < 4.78 is 11.1. The Morgan fingerprint density at radius 3 is 2.32 bits per heavy atom. The number of furan rings is 1. The highest BCUT2D eigenvalue weighted by Crippen LogP contribution is 2.30. The Bertz CT molecular complexity index is 1160. The van der Waals surface area contributed by atoms with E-state index in [1.165, 1.54) is 6.26 Å². The molecule has 1 aliphatic heterocycles. The summed E-state index contributed by atoms with van der Waals surface area (Å²) in [6.45, 7) is 5.78. The van der Waals surface area contributed by atoms with Crippen molar-refractivity contribution < 1.29 is 18.7 Å². The van der Waals surface area contributed by atoms with Gasteiger partial charge in [-0.15, -0.1) is 0 Å². The van der Waals surface area contributed by atoms with Crippen molar-refractivity contribution in [2.24, 2.45) is 0 Å². The maximum Gasteiger partial charge on any atom is 0.289 e. The summed E-state index contributed by atoms with van der Waals surface area (Å²) in [7, 11) is 0. The molecule has 0 saturated carbocycles. The number of halogens is 2. The summed E-state index contributed by atoms with van der Waals surface area (Å²) in [4.78, 5) is 29.2. The van der Waals surface area contributed by atoms with Crippen molar-refractivity contribution in [3.05, 3.63) is 76.7 Å². The molecule has 1 aromatic heterocycles. The number of amides is 2. The molecule has 2 heterocycles. The molecule has 4 rings (SSSR count). The zero-order valence-corrected chi connectivity index (χ0v) is 20.4. The Morgan fingerprint density at radius 2 is 1.71 bits per heavy atom. The van der Waals surface area contributed by atoms with Crippen LogP contribution in [0, 0.1) is 0 Å². The molecule has 2 aromatic carbocycles. The number of anilines is 2. The largest absolute Gasteiger partial charge is 0.478 e. The van der Waals surface area contributed by atoms with Crippen LogP contribution in [-0.2, 0) is 4.79 Å². The summed E-state index contributed by atoms with van der Waals surface area (Å²) in [5.74, 6) is 0.464. The van der Waals surface area contributed by atoms with Crippen LogP contribution in [0.2, 0.25) is 10.0 Å². The summed E-state index contributed by atoms with van der Waals surface area (Å²) in [5, 5.41) is 3.97. The molecule has 1 aliphatic rings. The molecule has 0 spiro atoms. The smallest absolute Gasteiger partial charge is 0.289 e. The third kappa shape index (κ3) is 5.48. The van der Waals surface area contributed by atoms with Crippen LogP contribution in [0.3, 0.4) is 0 Å². The first-order chi connectivity index (χ1) is 16.2. The number of rotatable bonds is 6. The van der Waals surface area contributed by atoms with Crippen LogP contribution < -0.4 is 15.0 Å². The van der Waals surface area contributed by atoms with Gasteiger partial charge in [0.05, 0.1) is 17.0 Å². The molecular weight excluding hydrogens is 477 g/mol. The van der Waals surface area contributed by atoms with E-state index in [1.54, 1.807) is 67.3 Å². The van der Waals surface area contributed by atoms with E-state index in [4.69, 9.17) is 32.4 Å². The molecule has 7 nitrogen and oxygen atoms in total. The fourth-order valence-electron chi connectivity index (χ4n) is 3.67. The number of hydrogen-bond donors (Lipinski definition) is 1. The lowest BCUT2D eigenvalue weighted by atomic mass is 10.1. The first-order valence-corrected chi connectivity index (χ1v) is 11.6. The third-order valence-electron chi connectivity index (χ3n) is 5.58. The Kier molecular flexibility index (Phi) is 7.05. The molecule has 9 heteroatoms. The van der Waals surface area contributed by atoms with Crippen LogP contribution in [0.4, 0.5) is 11.4 Å². The standard InChI is InChI=1S/C25H25Cl2N3O4/c1-25(2,34-19-8-5-17(26)6-9-19)24(32)28-18-7-10-21(20(27)16-18)29-11-13-30(14-12-29)23(31)22-4-3-15-33-22/h3-10,15-16H,11-14H2,1-2H3,(H,28,32). The van der Waals surface area contributed by atoms with Crippen molar-refractivity contribution in [3.8, 4) is 5.75 Å². The fraction of sp³-hybridized carbons (Fsp3) is 0.280. The second kappa shape index (κ2) is 9.99. The maximum atomic E-state index is 12.8. The Morgan fingerprint density at radius 1 is 1.00 bits per heavy atom. The van der Waals surface area contributed by atoms with Gasteiger partial charge in [0, 0.05) is 36.9 Å². The molecule has 0 radical (unpaired) electrons. The summed E-state index contributed by atoms with van der Waals surface area (Å²) in [5.41, 5.74) is 0.301. The lowest BCUT2D eigenvalue weighted by Gasteiger charge is -2.36. The van der Waals surface area contributed by atoms with Gasteiger partial charge in [-0.05, 0) is 68.4 Å². The van der Waals surface area contributed by atoms with Crippen LogP contribution in [0.1, 0.15) is 24.4 Å². The highest BCUT2D eigenvalue weighted by molar-refractivity contribution is 6.33. The second-order valence-corrected chi connectivity index (χ2v) is 9.29. The second-order valence-electron chi connectivity index (χ2n) is 8.44.